The van der Waals surface area contributed by atoms with Gasteiger partial charge in [-0.1, -0.05) is 132 Å². The number of unbranched alkanes of at least 4 members (excludes halogenated alkanes) is 5. The molecule has 0 heteroatoms. The molecule has 1 aliphatic rings. The highest BCUT2D eigenvalue weighted by molar-refractivity contribution is 4.65. The Bertz CT molecular complexity index is 118. The maximum Gasteiger partial charge on any atom is -0.0414 e. The lowest BCUT2D eigenvalue weighted by Gasteiger charge is -2.20. The van der Waals surface area contributed by atoms with E-state index in [0.717, 1.165) is 5.92 Å². The Balaban J connectivity index is -0.000000277. The Hall–Kier alpha value is 0. The molecule has 0 aromatic carbocycles. The highest BCUT2D eigenvalue weighted by Gasteiger charge is 2.11. The van der Waals surface area contributed by atoms with E-state index in [2.05, 4.69) is 20.8 Å². The van der Waals surface area contributed by atoms with Crippen LogP contribution >= 0.6 is 0 Å². The van der Waals surface area contributed by atoms with Crippen molar-refractivity contribution in [2.24, 2.45) is 5.92 Å². The topological polar surface area (TPSA) is 0 Å². The molecule has 1 aliphatic carbocycles. The molecule has 21 heavy (non-hydrogen) atoms. The van der Waals surface area contributed by atoms with Gasteiger partial charge in [0, 0.05) is 0 Å². The normalized spacial score (nSPS) is 13.9. The molecular formula is C21H48. The maximum absolute atomic E-state index is 2.29. The van der Waals surface area contributed by atoms with E-state index in [4.69, 9.17) is 0 Å². The zero-order valence-electron chi connectivity index (χ0n) is 16.8. The molecule has 0 unspecified atom stereocenters. The third-order valence-electron chi connectivity index (χ3n) is 3.90. The first kappa shape index (κ1) is 25.9. The van der Waals surface area contributed by atoms with Crippen molar-refractivity contribution in [3.63, 3.8) is 0 Å². The Labute approximate surface area is 138 Å². The van der Waals surface area contributed by atoms with Crippen molar-refractivity contribution in [2.75, 3.05) is 0 Å². The third kappa shape index (κ3) is 25.3. The van der Waals surface area contributed by atoms with Crippen LogP contribution in [0.2, 0.25) is 0 Å². The lowest BCUT2D eigenvalue weighted by molar-refractivity contribution is 0.329. The van der Waals surface area contributed by atoms with Crippen molar-refractivity contribution in [1.82, 2.24) is 0 Å². The van der Waals surface area contributed by atoms with Gasteiger partial charge in [0.15, 0.2) is 0 Å². The molecule has 0 spiro atoms. The first-order valence-corrected chi connectivity index (χ1v) is 10.3. The minimum atomic E-state index is 1.11. The van der Waals surface area contributed by atoms with Crippen LogP contribution in [0.25, 0.3) is 0 Å². The summed E-state index contributed by atoms with van der Waals surface area (Å²) < 4.78 is 0. The Morgan fingerprint density at radius 3 is 1.33 bits per heavy atom. The monoisotopic (exact) mass is 300 g/mol. The van der Waals surface area contributed by atoms with Crippen molar-refractivity contribution in [2.45, 2.75) is 132 Å². The fraction of sp³-hybridized carbons (Fsp3) is 1.00. The van der Waals surface area contributed by atoms with E-state index in [9.17, 15) is 0 Å². The standard InChI is InChI=1S/C11H22.C6H14.2C2H6/c1-2-3-5-8-11-9-6-4-7-10-11;1-3-5-6-4-2;2*1-2/h11H,2-10H2,1H3;3-6H2,1-2H3;2*1-2H3. The van der Waals surface area contributed by atoms with Crippen molar-refractivity contribution in [3.05, 3.63) is 0 Å². The molecule has 0 aromatic heterocycles. The SMILES string of the molecule is CC.CC.CCCCCC.CCCCCC1CCCCC1. The van der Waals surface area contributed by atoms with Crippen LogP contribution < -0.4 is 0 Å². The second-order valence-corrected chi connectivity index (χ2v) is 5.71. The zero-order valence-corrected chi connectivity index (χ0v) is 16.8. The minimum absolute atomic E-state index is 1.11. The minimum Gasteiger partial charge on any atom is -0.0683 e. The van der Waals surface area contributed by atoms with Crippen LogP contribution in [0.3, 0.4) is 0 Å². The molecule has 1 saturated carbocycles. The predicted molar refractivity (Wildman–Crippen MR) is 103 cm³/mol. The van der Waals surface area contributed by atoms with Gasteiger partial charge in [0.25, 0.3) is 0 Å². The molecule has 0 bridgehead atoms. The van der Waals surface area contributed by atoms with Crippen LogP contribution in [0, 0.1) is 5.92 Å². The van der Waals surface area contributed by atoms with Gasteiger partial charge in [-0.3, -0.25) is 0 Å². The van der Waals surface area contributed by atoms with Gasteiger partial charge in [-0.2, -0.15) is 0 Å². The number of hydrogen-bond acceptors (Lipinski definition) is 0. The first-order valence-electron chi connectivity index (χ1n) is 10.3. The predicted octanol–water partition coefficient (Wildman–Crippen LogP) is 8.79. The van der Waals surface area contributed by atoms with Crippen molar-refractivity contribution >= 4 is 0 Å². The highest BCUT2D eigenvalue weighted by atomic mass is 14.2. The second-order valence-electron chi connectivity index (χ2n) is 5.71. The van der Waals surface area contributed by atoms with Gasteiger partial charge in [-0.25, -0.2) is 0 Å². The first-order chi connectivity index (χ1) is 10.3. The van der Waals surface area contributed by atoms with Gasteiger partial charge in [0.1, 0.15) is 0 Å². The summed E-state index contributed by atoms with van der Waals surface area (Å²) in [6.45, 7) is 14.8. The summed E-state index contributed by atoms with van der Waals surface area (Å²) in [6.07, 6.45) is 19.0. The van der Waals surface area contributed by atoms with Crippen molar-refractivity contribution in [1.29, 1.82) is 0 Å². The summed E-state index contributed by atoms with van der Waals surface area (Å²) in [5.41, 5.74) is 0. The van der Waals surface area contributed by atoms with Gasteiger partial charge < -0.3 is 0 Å². The largest absolute Gasteiger partial charge is 0.0683 e. The summed E-state index contributed by atoms with van der Waals surface area (Å²) in [7, 11) is 0. The fourth-order valence-electron chi connectivity index (χ4n) is 2.66. The Morgan fingerprint density at radius 1 is 0.571 bits per heavy atom. The van der Waals surface area contributed by atoms with Crippen LogP contribution in [0.1, 0.15) is 132 Å². The van der Waals surface area contributed by atoms with Crippen molar-refractivity contribution < 1.29 is 0 Å². The average Bonchev–Trinajstić information content (AvgIpc) is 2.58. The van der Waals surface area contributed by atoms with Crippen molar-refractivity contribution in [3.8, 4) is 0 Å². The molecule has 132 valence electrons. The summed E-state index contributed by atoms with van der Waals surface area (Å²) in [6, 6.07) is 0. The van der Waals surface area contributed by atoms with Gasteiger partial charge in [-0.05, 0) is 5.92 Å². The third-order valence-corrected chi connectivity index (χ3v) is 3.90. The summed E-state index contributed by atoms with van der Waals surface area (Å²) in [5, 5.41) is 0. The van der Waals surface area contributed by atoms with E-state index < -0.39 is 0 Å². The summed E-state index contributed by atoms with van der Waals surface area (Å²) in [4.78, 5) is 0. The number of hydrogen-bond donors (Lipinski definition) is 0. The van der Waals surface area contributed by atoms with Gasteiger partial charge in [0.2, 0.25) is 0 Å². The smallest absolute Gasteiger partial charge is 0.0414 e. The second kappa shape index (κ2) is 28.2. The van der Waals surface area contributed by atoms with Crippen LogP contribution in [0.15, 0.2) is 0 Å². The molecule has 0 radical (unpaired) electrons. The van der Waals surface area contributed by atoms with E-state index in [1.165, 1.54) is 83.5 Å². The van der Waals surface area contributed by atoms with E-state index >= 15 is 0 Å². The molecule has 1 rings (SSSR count). The van der Waals surface area contributed by atoms with Crippen LogP contribution in [-0.2, 0) is 0 Å². The average molecular weight is 301 g/mol. The molecule has 0 nitrogen and oxygen atoms in total. The van der Waals surface area contributed by atoms with E-state index in [-0.39, 0.29) is 0 Å². The van der Waals surface area contributed by atoms with Gasteiger partial charge in [0.05, 0.1) is 0 Å². The molecule has 0 atom stereocenters. The van der Waals surface area contributed by atoms with E-state index in [1.807, 2.05) is 27.7 Å². The van der Waals surface area contributed by atoms with Gasteiger partial charge >= 0.3 is 0 Å². The quantitative estimate of drug-likeness (QED) is 0.412. The molecule has 0 N–H and O–H groups in total. The Morgan fingerprint density at radius 2 is 0.952 bits per heavy atom. The highest BCUT2D eigenvalue weighted by Crippen LogP contribution is 2.27. The molecule has 1 fully saturated rings. The zero-order chi connectivity index (χ0) is 16.8. The lowest BCUT2D eigenvalue weighted by Crippen LogP contribution is -2.05. The van der Waals surface area contributed by atoms with E-state index in [1.54, 1.807) is 0 Å². The molecular weight excluding hydrogens is 252 g/mol. The fourth-order valence-corrected chi connectivity index (χ4v) is 2.66. The summed E-state index contributed by atoms with van der Waals surface area (Å²) in [5.74, 6) is 1.11. The molecule has 0 saturated heterocycles. The maximum atomic E-state index is 2.29. The number of rotatable bonds is 7. The van der Waals surface area contributed by atoms with Crippen LogP contribution in [0.4, 0.5) is 0 Å². The van der Waals surface area contributed by atoms with E-state index in [0.29, 0.717) is 0 Å². The molecule has 0 amide bonds. The lowest BCUT2D eigenvalue weighted by atomic mass is 9.86. The van der Waals surface area contributed by atoms with Gasteiger partial charge in [-0.15, -0.1) is 0 Å². The van der Waals surface area contributed by atoms with Crippen LogP contribution in [-0.4, -0.2) is 0 Å². The molecule has 0 heterocycles. The Kier molecular flexibility index (Phi) is 34.8. The summed E-state index contributed by atoms with van der Waals surface area (Å²) >= 11 is 0. The molecule has 0 aliphatic heterocycles. The van der Waals surface area contributed by atoms with Crippen LogP contribution in [0.5, 0.6) is 0 Å². The molecule has 0 aromatic rings.